The van der Waals surface area contributed by atoms with Crippen LogP contribution in [0.1, 0.15) is 49.9 Å². The molecule has 0 aliphatic carbocycles. The number of pyridine rings is 1. The first-order valence-corrected chi connectivity index (χ1v) is 10.4. The van der Waals surface area contributed by atoms with Gasteiger partial charge < -0.3 is 10.1 Å². The van der Waals surface area contributed by atoms with Crippen LogP contribution in [0.4, 0.5) is 13.2 Å². The van der Waals surface area contributed by atoms with Crippen molar-refractivity contribution in [3.05, 3.63) is 29.7 Å². The molecule has 1 N–H and O–H groups in total. The van der Waals surface area contributed by atoms with Gasteiger partial charge in [0.25, 0.3) is 0 Å². The number of halogens is 3. The Morgan fingerprint density at radius 2 is 2.13 bits per heavy atom. The highest BCUT2D eigenvalue weighted by Gasteiger charge is 2.33. The molecule has 4 heterocycles. The molecule has 3 atom stereocenters. The summed E-state index contributed by atoms with van der Waals surface area (Å²) in [5.41, 5.74) is -0.344. The second-order valence-corrected chi connectivity index (χ2v) is 8.09. The van der Waals surface area contributed by atoms with Gasteiger partial charge >= 0.3 is 6.18 Å². The van der Waals surface area contributed by atoms with E-state index in [9.17, 15) is 18.0 Å². The Kier molecular flexibility index (Phi) is 5.97. The Balaban J connectivity index is 1.45. The zero-order chi connectivity index (χ0) is 21.3. The zero-order valence-electron chi connectivity index (χ0n) is 16.9. The van der Waals surface area contributed by atoms with Gasteiger partial charge in [-0.2, -0.15) is 13.2 Å². The fraction of sp³-hybridized carbons (Fsp3) is 0.650. The lowest BCUT2D eigenvalue weighted by Crippen LogP contribution is -2.49. The van der Waals surface area contributed by atoms with E-state index in [1.165, 1.54) is 10.5 Å². The first-order valence-electron chi connectivity index (χ1n) is 10.4. The number of nitrogens with zero attached hydrogens (tertiary/aromatic N) is 4. The molecule has 2 fully saturated rings. The number of nitrogens with one attached hydrogen (secondary N) is 1. The van der Waals surface area contributed by atoms with E-state index in [4.69, 9.17) is 4.74 Å². The molecule has 0 radical (unpaired) electrons. The van der Waals surface area contributed by atoms with Crippen LogP contribution in [0.15, 0.2) is 18.3 Å². The molecule has 4 rings (SSSR count). The first kappa shape index (κ1) is 21.0. The predicted octanol–water partition coefficient (Wildman–Crippen LogP) is 2.61. The minimum absolute atomic E-state index is 0.0587. The van der Waals surface area contributed by atoms with Crippen LogP contribution >= 0.6 is 0 Å². The molecule has 3 unspecified atom stereocenters. The summed E-state index contributed by atoms with van der Waals surface area (Å²) in [6.07, 6.45) is 0.317. The SMILES string of the molecule is CC(C(=O)NCC1CCCO1)N1CCCC(c2nnc3ccc(C(F)(F)F)cn23)C1. The average molecular weight is 425 g/mol. The van der Waals surface area contributed by atoms with Gasteiger partial charge in [0, 0.05) is 31.8 Å². The van der Waals surface area contributed by atoms with Crippen molar-refractivity contribution < 1.29 is 22.7 Å². The van der Waals surface area contributed by atoms with Crippen molar-refractivity contribution in [2.75, 3.05) is 26.2 Å². The van der Waals surface area contributed by atoms with E-state index in [0.29, 0.717) is 24.6 Å². The average Bonchev–Trinajstić information content (AvgIpc) is 3.40. The highest BCUT2D eigenvalue weighted by atomic mass is 19.4. The largest absolute Gasteiger partial charge is 0.417 e. The first-order chi connectivity index (χ1) is 14.3. The van der Waals surface area contributed by atoms with Crippen LogP contribution in [0.5, 0.6) is 0 Å². The fourth-order valence-corrected chi connectivity index (χ4v) is 4.26. The van der Waals surface area contributed by atoms with E-state index in [-0.39, 0.29) is 24.0 Å². The van der Waals surface area contributed by atoms with Crippen molar-refractivity contribution in [1.82, 2.24) is 24.8 Å². The topological polar surface area (TPSA) is 71.8 Å². The summed E-state index contributed by atoms with van der Waals surface area (Å²) in [6.45, 7) is 4.42. The van der Waals surface area contributed by atoms with E-state index in [0.717, 1.165) is 51.1 Å². The molecule has 10 heteroatoms. The molecule has 0 bridgehead atoms. The Bertz CT molecular complexity index is 894. The molecule has 164 valence electrons. The molecule has 1 amide bonds. The van der Waals surface area contributed by atoms with Gasteiger partial charge in [0.05, 0.1) is 17.7 Å². The van der Waals surface area contributed by atoms with Crippen LogP contribution in [0, 0.1) is 0 Å². The number of piperidine rings is 1. The van der Waals surface area contributed by atoms with Gasteiger partial charge in [-0.05, 0) is 51.3 Å². The molecule has 0 spiro atoms. The quantitative estimate of drug-likeness (QED) is 0.798. The number of amides is 1. The van der Waals surface area contributed by atoms with E-state index in [1.807, 2.05) is 6.92 Å². The summed E-state index contributed by atoms with van der Waals surface area (Å²) < 4.78 is 46.3. The predicted molar refractivity (Wildman–Crippen MR) is 103 cm³/mol. The van der Waals surface area contributed by atoms with Crippen LogP contribution in [0.3, 0.4) is 0 Å². The maximum atomic E-state index is 13.1. The number of ether oxygens (including phenoxy) is 1. The number of likely N-dealkylation sites (tertiary alicyclic amines) is 1. The third-order valence-corrected chi connectivity index (χ3v) is 6.03. The molecule has 2 aliphatic rings. The molecule has 2 aromatic heterocycles. The fourth-order valence-electron chi connectivity index (χ4n) is 4.26. The number of carbonyl (C=O) groups is 1. The standard InChI is InChI=1S/C20H26F3N5O2/c1-13(19(29)24-10-16-5-3-9-30-16)27-8-2-4-14(11-27)18-26-25-17-7-6-15(12-28(17)18)20(21,22)23/h6-7,12-14,16H,2-5,8-11H2,1H3,(H,24,29). The van der Waals surface area contributed by atoms with Gasteiger partial charge in [-0.3, -0.25) is 14.1 Å². The Labute approximate surface area is 172 Å². The second kappa shape index (κ2) is 8.50. The van der Waals surface area contributed by atoms with Crippen molar-refractivity contribution >= 4 is 11.6 Å². The second-order valence-electron chi connectivity index (χ2n) is 8.09. The maximum Gasteiger partial charge on any atom is 0.417 e. The van der Waals surface area contributed by atoms with Crippen molar-refractivity contribution in [3.63, 3.8) is 0 Å². The van der Waals surface area contributed by atoms with E-state index in [1.54, 1.807) is 0 Å². The molecule has 0 aromatic carbocycles. The van der Waals surface area contributed by atoms with Crippen LogP contribution in [0.2, 0.25) is 0 Å². The maximum absolute atomic E-state index is 13.1. The van der Waals surface area contributed by atoms with Crippen LogP contribution in [-0.4, -0.2) is 63.8 Å². The summed E-state index contributed by atoms with van der Waals surface area (Å²) in [4.78, 5) is 14.7. The monoisotopic (exact) mass is 425 g/mol. The number of hydrogen-bond acceptors (Lipinski definition) is 5. The number of alkyl halides is 3. The van der Waals surface area contributed by atoms with Gasteiger partial charge in [0.2, 0.25) is 5.91 Å². The number of aromatic nitrogens is 3. The third-order valence-electron chi connectivity index (χ3n) is 6.03. The highest BCUT2D eigenvalue weighted by molar-refractivity contribution is 5.81. The molecule has 2 saturated heterocycles. The molecule has 7 nitrogen and oxygen atoms in total. The summed E-state index contributed by atoms with van der Waals surface area (Å²) in [5.74, 6) is 0.357. The van der Waals surface area contributed by atoms with Gasteiger partial charge in [0.1, 0.15) is 5.82 Å². The van der Waals surface area contributed by atoms with E-state index >= 15 is 0 Å². The summed E-state index contributed by atoms with van der Waals surface area (Å²) in [6, 6.07) is 2.02. The van der Waals surface area contributed by atoms with Crippen molar-refractivity contribution in [3.8, 4) is 0 Å². The van der Waals surface area contributed by atoms with Gasteiger partial charge in [-0.15, -0.1) is 10.2 Å². The summed E-state index contributed by atoms with van der Waals surface area (Å²) in [5, 5.41) is 11.2. The molecule has 30 heavy (non-hydrogen) atoms. The minimum Gasteiger partial charge on any atom is -0.376 e. The molecule has 2 aromatic rings. The smallest absolute Gasteiger partial charge is 0.376 e. The van der Waals surface area contributed by atoms with Crippen LogP contribution < -0.4 is 5.32 Å². The van der Waals surface area contributed by atoms with Crippen molar-refractivity contribution in [1.29, 1.82) is 0 Å². The Morgan fingerprint density at radius 3 is 2.87 bits per heavy atom. The number of rotatable bonds is 5. The molecule has 0 saturated carbocycles. The molecular formula is C20H26F3N5O2. The number of carbonyl (C=O) groups excluding carboxylic acids is 1. The van der Waals surface area contributed by atoms with Crippen molar-refractivity contribution in [2.24, 2.45) is 0 Å². The van der Waals surface area contributed by atoms with E-state index < -0.39 is 11.7 Å². The number of hydrogen-bond donors (Lipinski definition) is 1. The minimum atomic E-state index is -4.43. The normalized spacial score (nSPS) is 24.3. The van der Waals surface area contributed by atoms with Crippen LogP contribution in [-0.2, 0) is 15.7 Å². The number of fused-ring (bicyclic) bond motifs is 1. The Morgan fingerprint density at radius 1 is 1.30 bits per heavy atom. The zero-order valence-corrected chi connectivity index (χ0v) is 16.9. The lowest BCUT2D eigenvalue weighted by atomic mass is 9.96. The van der Waals surface area contributed by atoms with Gasteiger partial charge in [0.15, 0.2) is 5.65 Å². The van der Waals surface area contributed by atoms with Gasteiger partial charge in [-0.1, -0.05) is 0 Å². The highest BCUT2D eigenvalue weighted by Crippen LogP contribution is 2.31. The lowest BCUT2D eigenvalue weighted by molar-refractivity contribution is -0.137. The molecule has 2 aliphatic heterocycles. The van der Waals surface area contributed by atoms with E-state index in [2.05, 4.69) is 20.4 Å². The van der Waals surface area contributed by atoms with Crippen molar-refractivity contribution in [2.45, 2.75) is 56.8 Å². The van der Waals surface area contributed by atoms with Crippen LogP contribution in [0.25, 0.3) is 5.65 Å². The Hall–Kier alpha value is -2.20. The van der Waals surface area contributed by atoms with Gasteiger partial charge in [-0.25, -0.2) is 0 Å². The third kappa shape index (κ3) is 4.44. The summed E-state index contributed by atoms with van der Waals surface area (Å²) in [7, 11) is 0. The summed E-state index contributed by atoms with van der Waals surface area (Å²) >= 11 is 0. The molecular weight excluding hydrogens is 399 g/mol. The lowest BCUT2D eigenvalue weighted by Gasteiger charge is -2.35.